The minimum atomic E-state index is -0.871. The molecule has 0 fully saturated rings. The van der Waals surface area contributed by atoms with Gasteiger partial charge in [0.2, 0.25) is 5.91 Å². The van der Waals surface area contributed by atoms with E-state index in [1.54, 1.807) is 73.3 Å². The molecule has 35 heavy (non-hydrogen) atoms. The summed E-state index contributed by atoms with van der Waals surface area (Å²) in [7, 11) is 0. The number of benzene rings is 3. The quantitative estimate of drug-likeness (QED) is 0.142. The van der Waals surface area contributed by atoms with E-state index >= 15 is 0 Å². The number of hydrogen-bond acceptors (Lipinski definition) is 6. The summed E-state index contributed by atoms with van der Waals surface area (Å²) in [5.41, 5.74) is 7.80. The molecule has 0 heterocycles. The van der Waals surface area contributed by atoms with Crippen LogP contribution in [0, 0.1) is 5.92 Å². The summed E-state index contributed by atoms with van der Waals surface area (Å²) in [5, 5.41) is 15.9. The summed E-state index contributed by atoms with van der Waals surface area (Å²) < 4.78 is 6.43. The maximum Gasteiger partial charge on any atom is 0.412 e. The Kier molecular flexibility index (Phi) is 9.22. The molecule has 2 atom stereocenters. The second-order valence-electron chi connectivity index (χ2n) is 7.68. The molecule has 0 aliphatic carbocycles. The molecule has 3 rings (SSSR count). The Morgan fingerprint density at radius 1 is 1.09 bits per heavy atom. The number of hydrogen-bond donors (Lipinski definition) is 4. The van der Waals surface area contributed by atoms with E-state index < -0.39 is 18.1 Å². The Hall–Kier alpha value is -3.43. The van der Waals surface area contributed by atoms with Gasteiger partial charge in [0, 0.05) is 26.5 Å². The zero-order chi connectivity index (χ0) is 25.4. The lowest BCUT2D eigenvalue weighted by Crippen LogP contribution is -2.21. The molecule has 0 saturated heterocycles. The molecule has 0 saturated carbocycles. The first kappa shape index (κ1) is 26.2. The van der Waals surface area contributed by atoms with Gasteiger partial charge in [0.05, 0.1) is 11.4 Å². The standard InChI is InChI=1S/C26H26BrN3O4S/c1-16(7-14-24(32)30-22-6-4-3-5-21(22)28)25(20-15-17(27)8-13-23(20)31)34-26(33)29-18-9-11-19(35-2)12-10-18/h3-16,25,31H,28H2,1-2H3,(H,29,33)(H,30,32)/b14-7+/t16-,25+/m1/s1. The van der Waals surface area contributed by atoms with Crippen LogP contribution in [0.3, 0.4) is 0 Å². The largest absolute Gasteiger partial charge is 0.508 e. The maximum absolute atomic E-state index is 12.7. The van der Waals surface area contributed by atoms with Crippen molar-refractivity contribution < 1.29 is 19.4 Å². The van der Waals surface area contributed by atoms with Crippen molar-refractivity contribution in [2.75, 3.05) is 22.6 Å². The van der Waals surface area contributed by atoms with E-state index in [9.17, 15) is 14.7 Å². The van der Waals surface area contributed by atoms with E-state index in [0.29, 0.717) is 27.1 Å². The highest BCUT2D eigenvalue weighted by molar-refractivity contribution is 9.10. The number of phenols is 1. The van der Waals surface area contributed by atoms with Gasteiger partial charge in [-0.1, -0.05) is 41.1 Å². The molecule has 7 nitrogen and oxygen atoms in total. The van der Waals surface area contributed by atoms with Gasteiger partial charge in [-0.15, -0.1) is 11.8 Å². The number of ether oxygens (including phenoxy) is 1. The average molecular weight is 556 g/mol. The highest BCUT2D eigenvalue weighted by Gasteiger charge is 2.25. The number of anilines is 3. The van der Waals surface area contributed by atoms with E-state index in [1.807, 2.05) is 18.4 Å². The number of phenolic OH excluding ortho intramolecular Hbond substituents is 1. The highest BCUT2D eigenvalue weighted by atomic mass is 79.9. The van der Waals surface area contributed by atoms with Crippen LogP contribution in [-0.2, 0) is 9.53 Å². The van der Waals surface area contributed by atoms with Gasteiger partial charge in [0.25, 0.3) is 0 Å². The van der Waals surface area contributed by atoms with E-state index in [2.05, 4.69) is 26.6 Å². The van der Waals surface area contributed by atoms with Crippen molar-refractivity contribution in [3.05, 3.63) is 88.9 Å². The molecule has 2 amide bonds. The minimum absolute atomic E-state index is 0.0305. The molecule has 9 heteroatoms. The zero-order valence-corrected chi connectivity index (χ0v) is 21.6. The van der Waals surface area contributed by atoms with Crippen LogP contribution < -0.4 is 16.4 Å². The molecule has 182 valence electrons. The number of nitrogen functional groups attached to an aromatic ring is 1. The molecule has 3 aromatic rings. The van der Waals surface area contributed by atoms with Gasteiger partial charge in [-0.05, 0) is 66.9 Å². The predicted molar refractivity (Wildman–Crippen MR) is 145 cm³/mol. The van der Waals surface area contributed by atoms with Crippen LogP contribution in [0.2, 0.25) is 0 Å². The first-order valence-corrected chi connectivity index (χ1v) is 12.7. The summed E-state index contributed by atoms with van der Waals surface area (Å²) in [6, 6.07) is 19.1. The highest BCUT2D eigenvalue weighted by Crippen LogP contribution is 2.35. The second-order valence-corrected chi connectivity index (χ2v) is 9.47. The summed E-state index contributed by atoms with van der Waals surface area (Å²) in [6.45, 7) is 1.78. The van der Waals surface area contributed by atoms with Gasteiger partial charge in [-0.2, -0.15) is 0 Å². The third kappa shape index (κ3) is 7.53. The maximum atomic E-state index is 12.7. The molecule has 0 bridgehead atoms. The molecule has 0 aromatic heterocycles. The molecular formula is C26H26BrN3O4S. The third-order valence-corrected chi connectivity index (χ3v) is 6.35. The van der Waals surface area contributed by atoms with Crippen molar-refractivity contribution in [1.29, 1.82) is 0 Å². The van der Waals surface area contributed by atoms with Crippen molar-refractivity contribution in [3.8, 4) is 5.75 Å². The van der Waals surface area contributed by atoms with Gasteiger partial charge in [-0.25, -0.2) is 4.79 Å². The van der Waals surface area contributed by atoms with Gasteiger partial charge >= 0.3 is 6.09 Å². The average Bonchev–Trinajstić information content (AvgIpc) is 2.84. The lowest BCUT2D eigenvalue weighted by Gasteiger charge is -2.24. The number of nitrogens with one attached hydrogen (secondary N) is 2. The van der Waals surface area contributed by atoms with Crippen molar-refractivity contribution in [2.45, 2.75) is 17.9 Å². The number of aromatic hydroxyl groups is 1. The fourth-order valence-electron chi connectivity index (χ4n) is 3.27. The first-order valence-electron chi connectivity index (χ1n) is 10.7. The number of amides is 2. The van der Waals surface area contributed by atoms with Crippen molar-refractivity contribution in [1.82, 2.24) is 0 Å². The van der Waals surface area contributed by atoms with Gasteiger partial charge in [0.15, 0.2) is 0 Å². The van der Waals surface area contributed by atoms with Crippen molar-refractivity contribution in [2.24, 2.45) is 5.92 Å². The van der Waals surface area contributed by atoms with Crippen LogP contribution in [-0.4, -0.2) is 23.4 Å². The Balaban J connectivity index is 1.77. The fraction of sp³-hybridized carbons (Fsp3) is 0.154. The third-order valence-electron chi connectivity index (χ3n) is 5.11. The summed E-state index contributed by atoms with van der Waals surface area (Å²) in [6.07, 6.45) is 3.37. The molecule has 0 spiro atoms. The van der Waals surface area contributed by atoms with Crippen LogP contribution in [0.5, 0.6) is 5.75 Å². The number of carbonyl (C=O) groups excluding carboxylic acids is 2. The van der Waals surface area contributed by atoms with E-state index in [1.165, 1.54) is 12.1 Å². The van der Waals surface area contributed by atoms with E-state index in [-0.39, 0.29) is 11.7 Å². The van der Waals surface area contributed by atoms with Crippen LogP contribution in [0.25, 0.3) is 0 Å². The van der Waals surface area contributed by atoms with Gasteiger partial charge < -0.3 is 20.9 Å². The molecule has 3 aromatic carbocycles. The number of nitrogens with two attached hydrogens (primary N) is 1. The van der Waals surface area contributed by atoms with E-state index in [4.69, 9.17) is 10.5 Å². The lowest BCUT2D eigenvalue weighted by molar-refractivity contribution is -0.111. The molecule has 0 unspecified atom stereocenters. The second kappa shape index (κ2) is 12.3. The Morgan fingerprint density at radius 3 is 2.49 bits per heavy atom. The molecular weight excluding hydrogens is 530 g/mol. The fourth-order valence-corrected chi connectivity index (χ4v) is 4.06. The SMILES string of the molecule is CSc1ccc(NC(=O)O[C@H](c2cc(Br)ccc2O)[C@H](C)/C=C/C(=O)Nc2ccccc2N)cc1. The predicted octanol–water partition coefficient (Wildman–Crippen LogP) is 6.58. The number of thioether (sulfide) groups is 1. The van der Waals surface area contributed by atoms with Crippen LogP contribution >= 0.6 is 27.7 Å². The monoisotopic (exact) mass is 555 g/mol. The van der Waals surface area contributed by atoms with Gasteiger partial charge in [-0.3, -0.25) is 10.1 Å². The molecule has 0 aliphatic rings. The number of halogens is 1. The topological polar surface area (TPSA) is 114 Å². The Labute approximate surface area is 216 Å². The normalized spacial score (nSPS) is 12.7. The van der Waals surface area contributed by atoms with E-state index in [0.717, 1.165) is 4.90 Å². The first-order chi connectivity index (χ1) is 16.8. The molecule has 5 N–H and O–H groups in total. The zero-order valence-electron chi connectivity index (χ0n) is 19.2. The Bertz CT molecular complexity index is 1220. The van der Waals surface area contributed by atoms with Crippen molar-refractivity contribution >= 4 is 56.8 Å². The Morgan fingerprint density at radius 2 is 1.80 bits per heavy atom. The summed E-state index contributed by atoms with van der Waals surface area (Å²) in [4.78, 5) is 26.2. The number of rotatable bonds is 8. The van der Waals surface area contributed by atoms with Crippen LogP contribution in [0.4, 0.5) is 21.9 Å². The summed E-state index contributed by atoms with van der Waals surface area (Å²) in [5.74, 6) is -0.874. The van der Waals surface area contributed by atoms with Crippen LogP contribution in [0.15, 0.2) is 88.3 Å². The minimum Gasteiger partial charge on any atom is -0.508 e. The van der Waals surface area contributed by atoms with Crippen molar-refractivity contribution in [3.63, 3.8) is 0 Å². The smallest absolute Gasteiger partial charge is 0.412 e. The number of carbonyl (C=O) groups is 2. The number of para-hydroxylation sites is 2. The van der Waals surface area contributed by atoms with Gasteiger partial charge in [0.1, 0.15) is 11.9 Å². The van der Waals surface area contributed by atoms with Crippen LogP contribution in [0.1, 0.15) is 18.6 Å². The summed E-state index contributed by atoms with van der Waals surface area (Å²) >= 11 is 4.99. The molecule has 0 radical (unpaired) electrons. The lowest BCUT2D eigenvalue weighted by atomic mass is 9.96. The molecule has 0 aliphatic heterocycles.